The fourth-order valence-corrected chi connectivity index (χ4v) is 1.14. The average Bonchev–Trinajstić information content (AvgIpc) is 2.78. The number of hydrogen-bond acceptors (Lipinski definition) is 5. The Morgan fingerprint density at radius 1 is 1.44 bits per heavy atom. The Hall–Kier alpha value is -2.24. The van der Waals surface area contributed by atoms with Gasteiger partial charge in [0, 0.05) is 11.6 Å². The maximum atomic E-state index is 13.0. The molecule has 0 saturated heterocycles. The van der Waals surface area contributed by atoms with Crippen LogP contribution in [0.15, 0.2) is 29.1 Å². The largest absolute Gasteiger partial charge is 0.485 e. The van der Waals surface area contributed by atoms with Crippen molar-refractivity contribution in [1.29, 1.82) is 0 Å². The number of nitrogens with zero attached hydrogens (tertiary/aromatic N) is 2. The first-order chi connectivity index (χ1) is 7.78. The third-order valence-electron chi connectivity index (χ3n) is 1.80. The number of hydrogen-bond donors (Lipinski definition) is 0. The van der Waals surface area contributed by atoms with Crippen molar-refractivity contribution in [2.45, 2.75) is 6.61 Å². The molecule has 1 aromatic carbocycles. The summed E-state index contributed by atoms with van der Waals surface area (Å²) in [5.41, 5.74) is 0.211. The molecule has 5 nitrogen and oxygen atoms in total. The molecule has 2 rings (SSSR count). The Bertz CT molecular complexity index is 485. The monoisotopic (exact) mass is 222 g/mol. The van der Waals surface area contributed by atoms with Crippen molar-refractivity contribution in [2.75, 3.05) is 0 Å². The minimum atomic E-state index is -0.535. The van der Waals surface area contributed by atoms with Gasteiger partial charge in [-0.15, -0.1) is 0 Å². The fourth-order valence-electron chi connectivity index (χ4n) is 1.14. The molecule has 0 bridgehead atoms. The van der Waals surface area contributed by atoms with Crippen molar-refractivity contribution >= 4 is 6.29 Å². The minimum absolute atomic E-state index is 0.0538. The molecule has 0 aliphatic carbocycles. The van der Waals surface area contributed by atoms with Crippen molar-refractivity contribution < 1.29 is 18.4 Å². The number of aromatic nitrogens is 2. The molecular formula is C10H7FN2O3. The highest BCUT2D eigenvalue weighted by atomic mass is 19.1. The SMILES string of the molecule is O=Cc1cc(F)cc(OCc2ncon2)c1. The van der Waals surface area contributed by atoms with Gasteiger partial charge < -0.3 is 9.26 Å². The van der Waals surface area contributed by atoms with Crippen LogP contribution in [0.2, 0.25) is 0 Å². The molecule has 0 aliphatic heterocycles. The third-order valence-corrected chi connectivity index (χ3v) is 1.80. The molecule has 0 spiro atoms. The van der Waals surface area contributed by atoms with Gasteiger partial charge in [-0.2, -0.15) is 4.98 Å². The highest BCUT2D eigenvalue weighted by Crippen LogP contribution is 2.16. The highest BCUT2D eigenvalue weighted by molar-refractivity contribution is 5.75. The van der Waals surface area contributed by atoms with Gasteiger partial charge in [0.15, 0.2) is 6.61 Å². The minimum Gasteiger partial charge on any atom is -0.485 e. The zero-order chi connectivity index (χ0) is 11.4. The van der Waals surface area contributed by atoms with Crippen LogP contribution in [0.1, 0.15) is 16.2 Å². The van der Waals surface area contributed by atoms with Gasteiger partial charge in [-0.05, 0) is 12.1 Å². The Kier molecular flexibility index (Phi) is 2.90. The quantitative estimate of drug-likeness (QED) is 0.735. The van der Waals surface area contributed by atoms with E-state index in [1.165, 1.54) is 18.5 Å². The van der Waals surface area contributed by atoms with Gasteiger partial charge in [-0.1, -0.05) is 5.16 Å². The number of benzene rings is 1. The van der Waals surface area contributed by atoms with Crippen LogP contribution < -0.4 is 4.74 Å². The summed E-state index contributed by atoms with van der Waals surface area (Å²) in [6, 6.07) is 3.72. The number of carbonyl (C=O) groups excluding carboxylic acids is 1. The van der Waals surface area contributed by atoms with E-state index in [4.69, 9.17) is 4.74 Å². The summed E-state index contributed by atoms with van der Waals surface area (Å²) in [7, 11) is 0. The zero-order valence-corrected chi connectivity index (χ0v) is 8.09. The lowest BCUT2D eigenvalue weighted by atomic mass is 10.2. The van der Waals surface area contributed by atoms with Crippen LogP contribution >= 0.6 is 0 Å². The van der Waals surface area contributed by atoms with Crippen LogP contribution in [0.4, 0.5) is 4.39 Å². The van der Waals surface area contributed by atoms with E-state index in [2.05, 4.69) is 14.7 Å². The molecule has 0 N–H and O–H groups in total. The summed E-state index contributed by atoms with van der Waals surface area (Å²) in [4.78, 5) is 14.2. The predicted octanol–water partition coefficient (Wildman–Crippen LogP) is 1.60. The molecule has 0 aliphatic rings. The molecule has 0 unspecified atom stereocenters. The van der Waals surface area contributed by atoms with Crippen molar-refractivity contribution in [3.05, 3.63) is 41.8 Å². The maximum absolute atomic E-state index is 13.0. The fraction of sp³-hybridized carbons (Fsp3) is 0.100. The molecule has 0 radical (unpaired) electrons. The number of halogens is 1. The van der Waals surface area contributed by atoms with Crippen LogP contribution in [-0.4, -0.2) is 16.4 Å². The molecule has 0 amide bonds. The summed E-state index contributed by atoms with van der Waals surface area (Å²) < 4.78 is 22.7. The first-order valence-electron chi connectivity index (χ1n) is 4.42. The standard InChI is InChI=1S/C10H7FN2O3/c11-8-1-7(4-14)2-9(3-8)15-5-10-12-6-16-13-10/h1-4,6H,5H2. The van der Waals surface area contributed by atoms with Gasteiger partial charge in [0.25, 0.3) is 0 Å². The van der Waals surface area contributed by atoms with Gasteiger partial charge in [0.1, 0.15) is 17.9 Å². The zero-order valence-electron chi connectivity index (χ0n) is 8.09. The van der Waals surface area contributed by atoms with E-state index in [9.17, 15) is 9.18 Å². The lowest BCUT2D eigenvalue weighted by Crippen LogP contribution is -1.98. The summed E-state index contributed by atoms with van der Waals surface area (Å²) in [5, 5.41) is 3.52. The lowest BCUT2D eigenvalue weighted by molar-refractivity contribution is 0.112. The van der Waals surface area contributed by atoms with E-state index in [-0.39, 0.29) is 17.9 Å². The molecule has 6 heteroatoms. The average molecular weight is 222 g/mol. The molecule has 82 valence electrons. The van der Waals surface area contributed by atoms with Crippen molar-refractivity contribution in [3.63, 3.8) is 0 Å². The van der Waals surface area contributed by atoms with Gasteiger partial charge in [-0.25, -0.2) is 4.39 Å². The van der Waals surface area contributed by atoms with Gasteiger partial charge in [0.05, 0.1) is 0 Å². The molecular weight excluding hydrogens is 215 g/mol. The second-order valence-corrected chi connectivity index (χ2v) is 2.97. The number of aldehydes is 1. The summed E-state index contributed by atoms with van der Waals surface area (Å²) in [6.45, 7) is 0.0538. The molecule has 1 aromatic heterocycles. The van der Waals surface area contributed by atoms with Crippen LogP contribution in [-0.2, 0) is 6.61 Å². The number of carbonyl (C=O) groups is 1. The van der Waals surface area contributed by atoms with E-state index in [1.54, 1.807) is 0 Å². The Labute approximate surface area is 89.8 Å². The van der Waals surface area contributed by atoms with E-state index < -0.39 is 5.82 Å². The van der Waals surface area contributed by atoms with E-state index >= 15 is 0 Å². The summed E-state index contributed by atoms with van der Waals surface area (Å²) >= 11 is 0. The van der Waals surface area contributed by atoms with E-state index in [0.29, 0.717) is 12.1 Å². The topological polar surface area (TPSA) is 65.2 Å². The summed E-state index contributed by atoms with van der Waals surface area (Å²) in [6.07, 6.45) is 1.71. The Morgan fingerprint density at radius 3 is 3.00 bits per heavy atom. The molecule has 2 aromatic rings. The summed E-state index contributed by atoms with van der Waals surface area (Å²) in [5.74, 6) is 0.0523. The maximum Gasteiger partial charge on any atom is 0.213 e. The Morgan fingerprint density at radius 2 is 2.31 bits per heavy atom. The van der Waals surface area contributed by atoms with Crippen molar-refractivity contribution in [2.24, 2.45) is 0 Å². The third kappa shape index (κ3) is 2.41. The van der Waals surface area contributed by atoms with Crippen LogP contribution in [0.3, 0.4) is 0 Å². The van der Waals surface area contributed by atoms with Crippen molar-refractivity contribution in [1.82, 2.24) is 10.1 Å². The molecule has 1 heterocycles. The lowest BCUT2D eigenvalue weighted by Gasteiger charge is -2.03. The normalized spacial score (nSPS) is 10.1. The predicted molar refractivity (Wildman–Crippen MR) is 50.4 cm³/mol. The van der Waals surface area contributed by atoms with Crippen LogP contribution in [0, 0.1) is 5.82 Å². The molecule has 16 heavy (non-hydrogen) atoms. The smallest absolute Gasteiger partial charge is 0.213 e. The van der Waals surface area contributed by atoms with E-state index in [1.807, 2.05) is 0 Å². The van der Waals surface area contributed by atoms with Crippen LogP contribution in [0.5, 0.6) is 5.75 Å². The first-order valence-corrected chi connectivity index (χ1v) is 4.42. The van der Waals surface area contributed by atoms with Gasteiger partial charge in [0.2, 0.25) is 12.2 Å². The number of ether oxygens (including phenoxy) is 1. The molecule has 0 saturated carbocycles. The van der Waals surface area contributed by atoms with Crippen LogP contribution in [0.25, 0.3) is 0 Å². The molecule has 0 atom stereocenters. The van der Waals surface area contributed by atoms with Gasteiger partial charge in [-0.3, -0.25) is 4.79 Å². The Balaban J connectivity index is 2.09. The van der Waals surface area contributed by atoms with Gasteiger partial charge >= 0.3 is 0 Å². The van der Waals surface area contributed by atoms with Crippen molar-refractivity contribution in [3.8, 4) is 5.75 Å². The molecule has 0 fully saturated rings. The number of rotatable bonds is 4. The van der Waals surface area contributed by atoms with E-state index in [0.717, 1.165) is 6.07 Å². The second kappa shape index (κ2) is 4.52. The second-order valence-electron chi connectivity index (χ2n) is 2.97. The highest BCUT2D eigenvalue weighted by Gasteiger charge is 2.03. The first kappa shape index (κ1) is 10.3.